The second-order valence-electron chi connectivity index (χ2n) is 4.62. The molecule has 0 aromatic heterocycles. The number of fused-ring (bicyclic) bond motifs is 1. The molecule has 1 aliphatic heterocycles. The third-order valence-corrected chi connectivity index (χ3v) is 3.81. The fraction of sp³-hybridized carbons (Fsp3) is 0.250. The molecule has 0 N–H and O–H groups in total. The highest BCUT2D eigenvalue weighted by atomic mass is 35.5. The molecule has 0 amide bonds. The zero-order valence-corrected chi connectivity index (χ0v) is 11.5. The van der Waals surface area contributed by atoms with Gasteiger partial charge in [-0.15, -0.1) is 11.6 Å². The van der Waals surface area contributed by atoms with E-state index in [1.807, 2.05) is 30.3 Å². The summed E-state index contributed by atoms with van der Waals surface area (Å²) < 4.78 is 11.1. The Labute approximate surface area is 117 Å². The summed E-state index contributed by atoms with van der Waals surface area (Å²) in [7, 11) is 0. The number of rotatable bonds is 2. The summed E-state index contributed by atoms with van der Waals surface area (Å²) in [5.41, 5.74) is 3.35. The molecule has 1 atom stereocenters. The van der Waals surface area contributed by atoms with E-state index in [1.54, 1.807) is 0 Å². The molecule has 0 saturated carbocycles. The van der Waals surface area contributed by atoms with Crippen molar-refractivity contribution in [2.45, 2.75) is 12.3 Å². The van der Waals surface area contributed by atoms with Crippen molar-refractivity contribution >= 4 is 11.6 Å². The summed E-state index contributed by atoms with van der Waals surface area (Å²) >= 11 is 6.58. The number of ether oxygens (including phenoxy) is 2. The second kappa shape index (κ2) is 5.14. The summed E-state index contributed by atoms with van der Waals surface area (Å²) in [5, 5.41) is -0.169. The van der Waals surface area contributed by atoms with Crippen LogP contribution in [-0.4, -0.2) is 13.2 Å². The van der Waals surface area contributed by atoms with Crippen molar-refractivity contribution in [2.75, 3.05) is 13.2 Å². The largest absolute Gasteiger partial charge is 0.486 e. The van der Waals surface area contributed by atoms with Crippen molar-refractivity contribution in [3.8, 4) is 11.5 Å². The predicted molar refractivity (Wildman–Crippen MR) is 76.3 cm³/mol. The van der Waals surface area contributed by atoms with Gasteiger partial charge in [0.05, 0.1) is 5.38 Å². The monoisotopic (exact) mass is 274 g/mol. The van der Waals surface area contributed by atoms with Gasteiger partial charge < -0.3 is 9.47 Å². The molecule has 2 aromatic rings. The predicted octanol–water partition coefficient (Wildman–Crippen LogP) is 4.09. The number of hydrogen-bond donors (Lipinski definition) is 0. The minimum absolute atomic E-state index is 0.169. The van der Waals surface area contributed by atoms with Gasteiger partial charge in [0.25, 0.3) is 0 Å². The molecule has 19 heavy (non-hydrogen) atoms. The van der Waals surface area contributed by atoms with Gasteiger partial charge in [-0.25, -0.2) is 0 Å². The van der Waals surface area contributed by atoms with E-state index in [1.165, 1.54) is 5.56 Å². The van der Waals surface area contributed by atoms with Gasteiger partial charge in [-0.2, -0.15) is 0 Å². The number of halogens is 1. The molecule has 0 saturated heterocycles. The van der Waals surface area contributed by atoms with E-state index < -0.39 is 0 Å². The quantitative estimate of drug-likeness (QED) is 0.768. The third-order valence-electron chi connectivity index (χ3n) is 3.32. The summed E-state index contributed by atoms with van der Waals surface area (Å²) in [4.78, 5) is 0. The Balaban J connectivity index is 1.96. The van der Waals surface area contributed by atoms with Gasteiger partial charge in [-0.3, -0.25) is 0 Å². The minimum Gasteiger partial charge on any atom is -0.486 e. The lowest BCUT2D eigenvalue weighted by Crippen LogP contribution is -2.15. The van der Waals surface area contributed by atoms with Crippen LogP contribution in [0.15, 0.2) is 42.5 Å². The molecular formula is C16H15ClO2. The summed E-state index contributed by atoms with van der Waals surface area (Å²) in [5.74, 6) is 1.58. The fourth-order valence-corrected chi connectivity index (χ4v) is 2.65. The fourth-order valence-electron chi connectivity index (χ4n) is 2.27. The van der Waals surface area contributed by atoms with Crippen LogP contribution >= 0.6 is 11.6 Å². The third kappa shape index (κ3) is 2.41. The minimum atomic E-state index is -0.169. The molecule has 0 radical (unpaired) electrons. The van der Waals surface area contributed by atoms with Crippen molar-refractivity contribution < 1.29 is 9.47 Å². The van der Waals surface area contributed by atoms with E-state index in [2.05, 4.69) is 19.1 Å². The Hall–Kier alpha value is -1.67. The van der Waals surface area contributed by atoms with Crippen LogP contribution in [0.4, 0.5) is 0 Å². The van der Waals surface area contributed by atoms with E-state index in [4.69, 9.17) is 21.1 Å². The average molecular weight is 275 g/mol. The first-order chi connectivity index (χ1) is 9.25. The second-order valence-corrected chi connectivity index (χ2v) is 5.06. The lowest BCUT2D eigenvalue weighted by atomic mass is 10.00. The topological polar surface area (TPSA) is 18.5 Å². The van der Waals surface area contributed by atoms with Gasteiger partial charge in [0.1, 0.15) is 13.2 Å². The molecule has 0 spiro atoms. The van der Waals surface area contributed by atoms with Gasteiger partial charge in [-0.05, 0) is 35.7 Å². The van der Waals surface area contributed by atoms with Gasteiger partial charge >= 0.3 is 0 Å². The molecule has 1 aliphatic rings. The van der Waals surface area contributed by atoms with Crippen LogP contribution in [0.5, 0.6) is 11.5 Å². The molecule has 0 aliphatic carbocycles. The maximum atomic E-state index is 6.58. The Morgan fingerprint density at radius 1 is 1.00 bits per heavy atom. The first-order valence-corrected chi connectivity index (χ1v) is 6.78. The highest BCUT2D eigenvalue weighted by molar-refractivity contribution is 6.22. The van der Waals surface area contributed by atoms with Gasteiger partial charge in [0.15, 0.2) is 11.5 Å². The van der Waals surface area contributed by atoms with Crippen LogP contribution in [0, 0.1) is 6.92 Å². The zero-order chi connectivity index (χ0) is 13.2. The van der Waals surface area contributed by atoms with Crippen molar-refractivity contribution in [3.05, 3.63) is 59.2 Å². The lowest BCUT2D eigenvalue weighted by Gasteiger charge is -2.20. The van der Waals surface area contributed by atoms with Crippen LogP contribution in [0.2, 0.25) is 0 Å². The molecule has 3 heteroatoms. The molecule has 1 unspecified atom stereocenters. The Bertz CT molecular complexity index is 595. The molecule has 2 nitrogen and oxygen atoms in total. The Kier molecular flexibility index (Phi) is 3.34. The molecule has 98 valence electrons. The normalized spacial score (nSPS) is 15.1. The molecule has 0 bridgehead atoms. The van der Waals surface area contributed by atoms with Gasteiger partial charge in [-0.1, -0.05) is 30.3 Å². The van der Waals surface area contributed by atoms with Crippen LogP contribution in [-0.2, 0) is 0 Å². The molecule has 1 heterocycles. The number of benzene rings is 2. The zero-order valence-electron chi connectivity index (χ0n) is 10.7. The van der Waals surface area contributed by atoms with Crippen LogP contribution in [0.1, 0.15) is 22.1 Å². The van der Waals surface area contributed by atoms with Crippen LogP contribution in [0.3, 0.4) is 0 Å². The maximum absolute atomic E-state index is 6.58. The standard InChI is InChI=1S/C16H15ClO2/c1-11-4-2-3-5-13(11)16(17)12-6-7-14-15(10-12)19-9-8-18-14/h2-7,10,16H,8-9H2,1H3. The smallest absolute Gasteiger partial charge is 0.161 e. The first-order valence-electron chi connectivity index (χ1n) is 6.35. The van der Waals surface area contributed by atoms with Crippen molar-refractivity contribution in [1.29, 1.82) is 0 Å². The summed E-state index contributed by atoms with van der Waals surface area (Å²) in [6.07, 6.45) is 0. The van der Waals surface area contributed by atoms with Gasteiger partial charge in [0.2, 0.25) is 0 Å². The molecule has 3 rings (SSSR count). The Morgan fingerprint density at radius 3 is 2.53 bits per heavy atom. The summed E-state index contributed by atoms with van der Waals surface area (Å²) in [6.45, 7) is 3.27. The van der Waals surface area contributed by atoms with Crippen molar-refractivity contribution in [3.63, 3.8) is 0 Å². The average Bonchev–Trinajstić information content (AvgIpc) is 2.46. The number of aryl methyl sites for hydroxylation is 1. The number of hydrogen-bond acceptors (Lipinski definition) is 2. The van der Waals surface area contributed by atoms with Crippen LogP contribution < -0.4 is 9.47 Å². The van der Waals surface area contributed by atoms with Crippen LogP contribution in [0.25, 0.3) is 0 Å². The Morgan fingerprint density at radius 2 is 1.74 bits per heavy atom. The van der Waals surface area contributed by atoms with Gasteiger partial charge in [0, 0.05) is 0 Å². The molecular weight excluding hydrogens is 260 g/mol. The highest BCUT2D eigenvalue weighted by Crippen LogP contribution is 2.37. The van der Waals surface area contributed by atoms with E-state index in [0.717, 1.165) is 22.6 Å². The van der Waals surface area contributed by atoms with Crippen molar-refractivity contribution in [1.82, 2.24) is 0 Å². The van der Waals surface area contributed by atoms with E-state index in [9.17, 15) is 0 Å². The SMILES string of the molecule is Cc1ccccc1C(Cl)c1ccc2c(c1)OCCO2. The van der Waals surface area contributed by atoms with Crippen molar-refractivity contribution in [2.24, 2.45) is 0 Å². The lowest BCUT2D eigenvalue weighted by molar-refractivity contribution is 0.171. The highest BCUT2D eigenvalue weighted by Gasteiger charge is 2.17. The van der Waals surface area contributed by atoms with E-state index >= 15 is 0 Å². The summed E-state index contributed by atoms with van der Waals surface area (Å²) in [6, 6.07) is 14.1. The maximum Gasteiger partial charge on any atom is 0.161 e. The molecule has 0 fully saturated rings. The van der Waals surface area contributed by atoms with E-state index in [-0.39, 0.29) is 5.38 Å². The first kappa shape index (κ1) is 12.4. The molecule has 2 aromatic carbocycles. The number of alkyl halides is 1. The van der Waals surface area contributed by atoms with E-state index in [0.29, 0.717) is 13.2 Å².